The number of aromatic nitrogens is 5. The number of rotatable bonds is 4. The third-order valence-corrected chi connectivity index (χ3v) is 4.59. The molecule has 1 saturated heterocycles. The van der Waals surface area contributed by atoms with Crippen molar-refractivity contribution in [1.29, 1.82) is 0 Å². The number of amides is 1. The van der Waals surface area contributed by atoms with Crippen LogP contribution in [0.25, 0.3) is 0 Å². The SMILES string of the molecule is Cc1cc(C)n(C[C@@H]2CCCCN2C(=O)[C@H](C)n2cncn2)n1. The Morgan fingerprint density at radius 3 is 2.87 bits per heavy atom. The first kappa shape index (κ1) is 15.7. The summed E-state index contributed by atoms with van der Waals surface area (Å²) in [4.78, 5) is 18.8. The summed E-state index contributed by atoms with van der Waals surface area (Å²) in [6, 6.07) is 1.95. The number of carbonyl (C=O) groups is 1. The highest BCUT2D eigenvalue weighted by atomic mass is 16.2. The van der Waals surface area contributed by atoms with E-state index < -0.39 is 0 Å². The molecule has 0 radical (unpaired) electrons. The molecule has 7 nitrogen and oxygen atoms in total. The summed E-state index contributed by atoms with van der Waals surface area (Å²) in [7, 11) is 0. The lowest BCUT2D eigenvalue weighted by atomic mass is 10.0. The molecule has 2 atom stereocenters. The molecule has 0 spiro atoms. The van der Waals surface area contributed by atoms with Gasteiger partial charge >= 0.3 is 0 Å². The Morgan fingerprint density at radius 1 is 1.39 bits per heavy atom. The van der Waals surface area contributed by atoms with Gasteiger partial charge in [0, 0.05) is 12.2 Å². The molecule has 23 heavy (non-hydrogen) atoms. The molecule has 1 fully saturated rings. The number of hydrogen-bond donors (Lipinski definition) is 0. The zero-order valence-corrected chi connectivity index (χ0v) is 14.0. The average Bonchev–Trinajstić information content (AvgIpc) is 3.17. The van der Waals surface area contributed by atoms with Gasteiger partial charge in [0.2, 0.25) is 5.91 Å². The van der Waals surface area contributed by atoms with Crippen molar-refractivity contribution in [2.75, 3.05) is 6.54 Å². The fourth-order valence-electron chi connectivity index (χ4n) is 3.31. The maximum atomic E-state index is 12.9. The summed E-state index contributed by atoms with van der Waals surface area (Å²) in [5, 5.41) is 8.64. The summed E-state index contributed by atoms with van der Waals surface area (Å²) in [5.74, 6) is 0.113. The van der Waals surface area contributed by atoms with Gasteiger partial charge in [-0.2, -0.15) is 10.2 Å². The molecule has 2 aromatic heterocycles. The lowest BCUT2D eigenvalue weighted by Gasteiger charge is -2.37. The number of likely N-dealkylation sites (tertiary alicyclic amines) is 1. The van der Waals surface area contributed by atoms with Gasteiger partial charge in [-0.15, -0.1) is 0 Å². The number of carbonyl (C=O) groups excluding carboxylic acids is 1. The Kier molecular flexibility index (Phi) is 4.45. The van der Waals surface area contributed by atoms with Crippen LogP contribution in [0.1, 0.15) is 43.6 Å². The van der Waals surface area contributed by atoms with E-state index in [2.05, 4.69) is 28.2 Å². The number of nitrogens with zero attached hydrogens (tertiary/aromatic N) is 6. The van der Waals surface area contributed by atoms with Gasteiger partial charge in [0.25, 0.3) is 0 Å². The molecule has 1 aliphatic rings. The second kappa shape index (κ2) is 6.52. The summed E-state index contributed by atoms with van der Waals surface area (Å²) in [6.07, 6.45) is 6.30. The first-order valence-electron chi connectivity index (χ1n) is 8.22. The Labute approximate surface area is 136 Å². The number of hydrogen-bond acceptors (Lipinski definition) is 4. The standard InChI is InChI=1S/C16H24N6O/c1-12-8-13(2)21(19-12)9-15-6-4-5-7-20(15)16(23)14(3)22-11-17-10-18-22/h8,10-11,14-15H,4-7,9H2,1-3H3/t14-,15-/m0/s1. The zero-order valence-electron chi connectivity index (χ0n) is 14.0. The van der Waals surface area contributed by atoms with Gasteiger partial charge in [0.05, 0.1) is 18.3 Å². The van der Waals surface area contributed by atoms with Gasteiger partial charge in [0.15, 0.2) is 0 Å². The van der Waals surface area contributed by atoms with Crippen molar-refractivity contribution >= 4 is 5.91 Å². The van der Waals surface area contributed by atoms with Gasteiger partial charge in [-0.25, -0.2) is 9.67 Å². The normalized spacial score (nSPS) is 19.8. The van der Waals surface area contributed by atoms with Crippen molar-refractivity contribution in [3.05, 3.63) is 30.1 Å². The minimum absolute atomic E-state index is 0.113. The van der Waals surface area contributed by atoms with Crippen LogP contribution in [0.3, 0.4) is 0 Å². The largest absolute Gasteiger partial charge is 0.336 e. The minimum atomic E-state index is -0.321. The van der Waals surface area contributed by atoms with Crippen LogP contribution >= 0.6 is 0 Å². The molecule has 3 rings (SSSR count). The average molecular weight is 316 g/mol. The summed E-state index contributed by atoms with van der Waals surface area (Å²) < 4.78 is 3.64. The molecule has 2 aromatic rings. The van der Waals surface area contributed by atoms with Gasteiger partial charge in [0.1, 0.15) is 18.7 Å². The third-order valence-electron chi connectivity index (χ3n) is 4.59. The number of aryl methyl sites for hydroxylation is 2. The molecule has 3 heterocycles. The van der Waals surface area contributed by atoms with Crippen LogP contribution in [0.4, 0.5) is 0 Å². The van der Waals surface area contributed by atoms with Gasteiger partial charge in [-0.3, -0.25) is 9.48 Å². The second-order valence-corrected chi connectivity index (χ2v) is 6.34. The molecule has 0 saturated carbocycles. The van der Waals surface area contributed by atoms with Gasteiger partial charge in [-0.05, 0) is 46.1 Å². The molecule has 1 amide bonds. The number of piperidine rings is 1. The molecule has 124 valence electrons. The van der Waals surface area contributed by atoms with E-state index in [0.717, 1.165) is 43.7 Å². The maximum absolute atomic E-state index is 12.9. The van der Waals surface area contributed by atoms with Gasteiger partial charge < -0.3 is 4.90 Å². The van der Waals surface area contributed by atoms with E-state index >= 15 is 0 Å². The van der Waals surface area contributed by atoms with Crippen molar-refractivity contribution in [2.45, 2.75) is 58.7 Å². The van der Waals surface area contributed by atoms with E-state index in [0.29, 0.717) is 0 Å². The predicted molar refractivity (Wildman–Crippen MR) is 85.8 cm³/mol. The third kappa shape index (κ3) is 3.28. The van der Waals surface area contributed by atoms with Gasteiger partial charge in [-0.1, -0.05) is 0 Å². The Morgan fingerprint density at radius 2 is 2.22 bits per heavy atom. The molecular weight excluding hydrogens is 292 g/mol. The van der Waals surface area contributed by atoms with Crippen LogP contribution in [0.2, 0.25) is 0 Å². The van der Waals surface area contributed by atoms with E-state index in [1.807, 2.05) is 23.4 Å². The molecule has 7 heteroatoms. The quantitative estimate of drug-likeness (QED) is 0.861. The second-order valence-electron chi connectivity index (χ2n) is 6.34. The monoisotopic (exact) mass is 316 g/mol. The van der Waals surface area contributed by atoms with Crippen molar-refractivity contribution in [3.8, 4) is 0 Å². The highest BCUT2D eigenvalue weighted by Gasteiger charge is 2.31. The molecule has 0 unspecified atom stereocenters. The van der Waals surface area contributed by atoms with Crippen LogP contribution in [0.5, 0.6) is 0 Å². The molecule has 0 aromatic carbocycles. The first-order chi connectivity index (χ1) is 11.1. The maximum Gasteiger partial charge on any atom is 0.247 e. The fraction of sp³-hybridized carbons (Fsp3) is 0.625. The van der Waals surface area contributed by atoms with Crippen LogP contribution < -0.4 is 0 Å². The van der Waals surface area contributed by atoms with Crippen LogP contribution in [0, 0.1) is 13.8 Å². The topological polar surface area (TPSA) is 68.8 Å². The first-order valence-corrected chi connectivity index (χ1v) is 8.22. The highest BCUT2D eigenvalue weighted by Crippen LogP contribution is 2.22. The van der Waals surface area contributed by atoms with E-state index in [9.17, 15) is 4.79 Å². The van der Waals surface area contributed by atoms with Crippen LogP contribution in [-0.2, 0) is 11.3 Å². The smallest absolute Gasteiger partial charge is 0.247 e. The Balaban J connectivity index is 1.75. The highest BCUT2D eigenvalue weighted by molar-refractivity contribution is 5.80. The van der Waals surface area contributed by atoms with E-state index in [1.165, 1.54) is 6.33 Å². The molecule has 0 N–H and O–H groups in total. The minimum Gasteiger partial charge on any atom is -0.336 e. The van der Waals surface area contributed by atoms with Crippen molar-refractivity contribution in [3.63, 3.8) is 0 Å². The van der Waals surface area contributed by atoms with E-state index in [4.69, 9.17) is 0 Å². The zero-order chi connectivity index (χ0) is 16.4. The molecular formula is C16H24N6O. The van der Waals surface area contributed by atoms with E-state index in [1.54, 1.807) is 11.0 Å². The van der Waals surface area contributed by atoms with Crippen molar-refractivity contribution < 1.29 is 4.79 Å². The molecule has 1 aliphatic heterocycles. The Bertz CT molecular complexity index is 662. The summed E-state index contributed by atoms with van der Waals surface area (Å²) >= 11 is 0. The van der Waals surface area contributed by atoms with Crippen LogP contribution in [0.15, 0.2) is 18.7 Å². The predicted octanol–water partition coefficient (Wildman–Crippen LogP) is 1.73. The summed E-state index contributed by atoms with van der Waals surface area (Å²) in [5.41, 5.74) is 2.16. The van der Waals surface area contributed by atoms with Crippen molar-refractivity contribution in [2.24, 2.45) is 0 Å². The lowest BCUT2D eigenvalue weighted by molar-refractivity contribution is -0.138. The fourth-order valence-corrected chi connectivity index (χ4v) is 3.31. The summed E-state index contributed by atoms with van der Waals surface area (Å²) in [6.45, 7) is 7.51. The molecule has 0 bridgehead atoms. The van der Waals surface area contributed by atoms with Crippen molar-refractivity contribution in [1.82, 2.24) is 29.4 Å². The van der Waals surface area contributed by atoms with Crippen LogP contribution in [-0.4, -0.2) is 47.9 Å². The lowest BCUT2D eigenvalue weighted by Crippen LogP contribution is -2.48. The Hall–Kier alpha value is -2.18. The molecule has 0 aliphatic carbocycles. The van der Waals surface area contributed by atoms with E-state index in [-0.39, 0.29) is 18.0 Å².